The van der Waals surface area contributed by atoms with Gasteiger partial charge in [0.2, 0.25) is 0 Å². The SMILES string of the molecule is CC/C=C\C/C=C\CC(O)/C=C/C=C\C/C=C\C/C=C\CCC(=O)OC[C@H](COP(=O)([O-])OCC[N+](C)(C)C)OC(=O)CC/C=C\C/C=C\C/C=C\C/C=C\C/C=C\CCCCC. The third-order valence-electron chi connectivity index (χ3n) is 8.76. The van der Waals surface area contributed by atoms with E-state index in [1.165, 1.54) is 25.7 Å². The van der Waals surface area contributed by atoms with E-state index in [1.54, 1.807) is 6.08 Å². The van der Waals surface area contributed by atoms with Gasteiger partial charge in [0.1, 0.15) is 19.8 Å². The first kappa shape index (κ1) is 59.1. The maximum atomic E-state index is 12.7. The third kappa shape index (κ3) is 45.9. The van der Waals surface area contributed by atoms with Gasteiger partial charge in [-0.15, -0.1) is 0 Å². The minimum atomic E-state index is -4.69. The van der Waals surface area contributed by atoms with Crippen LogP contribution >= 0.6 is 7.82 Å². The number of carbonyl (C=O) groups excluding carboxylic acids is 2. The topological polar surface area (TPSA) is 131 Å². The maximum absolute atomic E-state index is 12.7. The van der Waals surface area contributed by atoms with Crippen molar-refractivity contribution >= 4 is 19.8 Å². The van der Waals surface area contributed by atoms with Gasteiger partial charge in [0.05, 0.1) is 33.9 Å². The molecule has 0 heterocycles. The number of quaternary nitrogens is 1. The van der Waals surface area contributed by atoms with Crippen molar-refractivity contribution in [2.45, 2.75) is 135 Å². The number of phosphoric acid groups is 1. The molecule has 354 valence electrons. The Kier molecular flexibility index (Phi) is 39.5. The molecule has 0 bridgehead atoms. The van der Waals surface area contributed by atoms with Crippen molar-refractivity contribution in [1.29, 1.82) is 0 Å². The fraction of sp³-hybridized carbons (Fsp3) is 0.538. The summed E-state index contributed by atoms with van der Waals surface area (Å²) in [6, 6.07) is 0. The lowest BCUT2D eigenvalue weighted by Crippen LogP contribution is -2.37. The number of aliphatic hydroxyl groups is 1. The van der Waals surface area contributed by atoms with Gasteiger partial charge in [0.15, 0.2) is 6.10 Å². The molecule has 0 aliphatic carbocycles. The van der Waals surface area contributed by atoms with Crippen LogP contribution in [0.5, 0.6) is 0 Å². The second-order valence-electron chi connectivity index (χ2n) is 15.9. The van der Waals surface area contributed by atoms with E-state index in [4.69, 9.17) is 18.5 Å². The van der Waals surface area contributed by atoms with Gasteiger partial charge in [-0.2, -0.15) is 0 Å². The Morgan fingerprint density at radius 2 is 1.10 bits per heavy atom. The van der Waals surface area contributed by atoms with E-state index in [2.05, 4.69) is 80.7 Å². The van der Waals surface area contributed by atoms with Crippen molar-refractivity contribution in [1.82, 2.24) is 0 Å². The molecule has 0 fully saturated rings. The molecule has 0 aromatic rings. The van der Waals surface area contributed by atoms with Crippen LogP contribution < -0.4 is 4.89 Å². The zero-order valence-corrected chi connectivity index (χ0v) is 40.2. The first-order chi connectivity index (χ1) is 30.4. The number of ether oxygens (including phenoxy) is 2. The number of aliphatic hydroxyl groups excluding tert-OH is 1. The lowest BCUT2D eigenvalue weighted by molar-refractivity contribution is -0.870. The van der Waals surface area contributed by atoms with Crippen molar-refractivity contribution in [2.24, 2.45) is 0 Å². The zero-order chi connectivity index (χ0) is 46.5. The predicted octanol–water partition coefficient (Wildman–Crippen LogP) is 11.8. The summed E-state index contributed by atoms with van der Waals surface area (Å²) < 4.78 is 33.7. The quantitative estimate of drug-likeness (QED) is 0.0160. The van der Waals surface area contributed by atoms with E-state index in [-0.39, 0.29) is 26.1 Å². The molecule has 0 radical (unpaired) electrons. The lowest BCUT2D eigenvalue weighted by Gasteiger charge is -2.28. The van der Waals surface area contributed by atoms with Crippen LogP contribution in [0.1, 0.15) is 123 Å². The average molecular weight is 896 g/mol. The van der Waals surface area contributed by atoms with Gasteiger partial charge in [-0.3, -0.25) is 14.2 Å². The number of carbonyl (C=O) groups is 2. The summed E-state index contributed by atoms with van der Waals surface area (Å²) >= 11 is 0. The van der Waals surface area contributed by atoms with Gasteiger partial charge in [0.25, 0.3) is 7.82 Å². The van der Waals surface area contributed by atoms with E-state index < -0.39 is 38.6 Å². The van der Waals surface area contributed by atoms with Gasteiger partial charge in [-0.25, -0.2) is 0 Å². The van der Waals surface area contributed by atoms with Gasteiger partial charge in [0, 0.05) is 12.8 Å². The summed E-state index contributed by atoms with van der Waals surface area (Å²) in [6.07, 6.45) is 56.8. The zero-order valence-electron chi connectivity index (χ0n) is 39.3. The van der Waals surface area contributed by atoms with Crippen molar-refractivity contribution in [2.75, 3.05) is 47.5 Å². The smallest absolute Gasteiger partial charge is 0.306 e. The number of allylic oxidation sites excluding steroid dienone is 20. The van der Waals surface area contributed by atoms with Crippen LogP contribution in [-0.2, 0) is 32.7 Å². The molecule has 3 atom stereocenters. The molecular formula is C52H82NO9P. The molecule has 0 spiro atoms. The van der Waals surface area contributed by atoms with E-state index in [9.17, 15) is 24.2 Å². The van der Waals surface area contributed by atoms with E-state index in [0.717, 1.165) is 44.9 Å². The molecule has 11 heteroatoms. The number of phosphoric ester groups is 1. The molecule has 0 aliphatic heterocycles. The fourth-order valence-corrected chi connectivity index (χ4v) is 5.89. The number of nitrogens with zero attached hydrogens (tertiary/aromatic N) is 1. The highest BCUT2D eigenvalue weighted by Crippen LogP contribution is 2.38. The number of esters is 2. The Bertz CT molecular complexity index is 1540. The Hall–Kier alpha value is -3.89. The van der Waals surface area contributed by atoms with Crippen LogP contribution in [0.3, 0.4) is 0 Å². The van der Waals surface area contributed by atoms with E-state index >= 15 is 0 Å². The number of rotatable bonds is 39. The number of unbranched alkanes of at least 4 members (excludes halogenated alkanes) is 3. The fourth-order valence-electron chi connectivity index (χ4n) is 5.16. The van der Waals surface area contributed by atoms with E-state index in [1.807, 2.05) is 81.9 Å². The van der Waals surface area contributed by atoms with Crippen LogP contribution in [0, 0.1) is 0 Å². The van der Waals surface area contributed by atoms with Crippen LogP contribution in [-0.4, -0.2) is 81.2 Å². The monoisotopic (exact) mass is 896 g/mol. The second kappa shape index (κ2) is 42.1. The van der Waals surface area contributed by atoms with Crippen molar-refractivity contribution in [3.8, 4) is 0 Å². The van der Waals surface area contributed by atoms with Gasteiger partial charge < -0.3 is 33.0 Å². The third-order valence-corrected chi connectivity index (χ3v) is 9.73. The molecule has 1 N–H and O–H groups in total. The summed E-state index contributed by atoms with van der Waals surface area (Å²) in [7, 11) is 1.03. The lowest BCUT2D eigenvalue weighted by atomic mass is 10.2. The Morgan fingerprint density at radius 3 is 1.63 bits per heavy atom. The predicted molar refractivity (Wildman–Crippen MR) is 260 cm³/mol. The van der Waals surface area contributed by atoms with Gasteiger partial charge >= 0.3 is 11.9 Å². The minimum absolute atomic E-state index is 0.0666. The van der Waals surface area contributed by atoms with Crippen molar-refractivity contribution in [3.05, 3.63) is 134 Å². The number of likely N-dealkylation sites (N-methyl/N-ethyl adjacent to an activating group) is 1. The van der Waals surface area contributed by atoms with Crippen LogP contribution in [0.15, 0.2) is 134 Å². The minimum Gasteiger partial charge on any atom is -0.756 e. The molecule has 2 unspecified atom stereocenters. The first-order valence-electron chi connectivity index (χ1n) is 23.0. The highest BCUT2D eigenvalue weighted by Gasteiger charge is 2.21. The van der Waals surface area contributed by atoms with Crippen LogP contribution in [0.25, 0.3) is 0 Å². The maximum Gasteiger partial charge on any atom is 0.306 e. The van der Waals surface area contributed by atoms with Crippen molar-refractivity contribution in [3.63, 3.8) is 0 Å². The molecule has 10 nitrogen and oxygen atoms in total. The molecule has 0 rings (SSSR count). The second-order valence-corrected chi connectivity index (χ2v) is 17.3. The summed E-state index contributed by atoms with van der Waals surface area (Å²) in [6.45, 7) is 3.79. The van der Waals surface area contributed by atoms with E-state index in [0.29, 0.717) is 36.7 Å². The summed E-state index contributed by atoms with van der Waals surface area (Å²) in [5, 5.41) is 10.0. The van der Waals surface area contributed by atoms with Crippen LogP contribution in [0.2, 0.25) is 0 Å². The summed E-state index contributed by atoms with van der Waals surface area (Å²) in [4.78, 5) is 37.5. The van der Waals surface area contributed by atoms with Crippen molar-refractivity contribution < 1.29 is 47.2 Å². The molecule has 63 heavy (non-hydrogen) atoms. The Morgan fingerprint density at radius 1 is 0.603 bits per heavy atom. The average Bonchev–Trinajstić information content (AvgIpc) is 3.23. The standard InChI is InChI=1S/C52H82NO9P/c1-6-8-10-12-14-15-16-17-18-19-20-21-22-23-24-29-32-36-40-44-52(56)62-50(48-61-63(57,58)60-46-45-53(3,4)5)47-59-51(55)43-39-35-31-28-26-25-27-30-34-38-42-49(54)41-37-33-13-11-9-7-2/h9,11,14-15,17-18,20-21,23-26,30-38,42,49-50,54H,6-8,10,12-13,16,19,22,27-29,39-41,43-48H2,1-5H3/b11-9-,15-14-,18-17-,21-20-,24-23-,26-25-,34-30-,35-31-,36-32-,37-33-,42-38+/t49?,50-/m1/s1. The molecular weight excluding hydrogens is 814 g/mol. The normalized spacial score (nSPS) is 15.2. The van der Waals surface area contributed by atoms with Gasteiger partial charge in [-0.05, 0) is 83.5 Å². The van der Waals surface area contributed by atoms with Crippen LogP contribution in [0.4, 0.5) is 0 Å². The molecule has 0 saturated heterocycles. The number of hydrogen-bond donors (Lipinski definition) is 1. The molecule has 0 aromatic carbocycles. The highest BCUT2D eigenvalue weighted by molar-refractivity contribution is 7.45. The Balaban J connectivity index is 4.66. The number of hydrogen-bond acceptors (Lipinski definition) is 9. The Labute approximate surface area is 382 Å². The molecule has 0 saturated carbocycles. The molecule has 0 aromatic heterocycles. The first-order valence-corrected chi connectivity index (χ1v) is 24.5. The summed E-state index contributed by atoms with van der Waals surface area (Å²) in [5.74, 6) is -1.07. The highest BCUT2D eigenvalue weighted by atomic mass is 31.2. The van der Waals surface area contributed by atoms with Gasteiger partial charge in [-0.1, -0.05) is 160 Å². The largest absolute Gasteiger partial charge is 0.756 e. The molecule has 0 amide bonds. The molecule has 0 aliphatic rings. The summed E-state index contributed by atoms with van der Waals surface area (Å²) in [5.41, 5.74) is 0.